The molecule has 2 aromatic carbocycles. The van der Waals surface area contributed by atoms with Gasteiger partial charge in [0.1, 0.15) is 29.7 Å². The van der Waals surface area contributed by atoms with E-state index < -0.39 is 0 Å². The molecule has 0 amide bonds. The maximum absolute atomic E-state index is 12.3. The van der Waals surface area contributed by atoms with Gasteiger partial charge in [-0.1, -0.05) is 12.1 Å². The van der Waals surface area contributed by atoms with Crippen LogP contribution in [0.4, 0.5) is 0 Å². The van der Waals surface area contributed by atoms with Crippen molar-refractivity contribution < 1.29 is 18.8 Å². The van der Waals surface area contributed by atoms with E-state index in [1.54, 1.807) is 20.3 Å². The highest BCUT2D eigenvalue weighted by molar-refractivity contribution is 5.83. The first-order valence-electron chi connectivity index (χ1n) is 10.1. The monoisotopic (exact) mass is 394 g/mol. The van der Waals surface area contributed by atoms with Gasteiger partial charge in [-0.3, -0.25) is 0 Å². The molecule has 29 heavy (non-hydrogen) atoms. The van der Waals surface area contributed by atoms with Gasteiger partial charge < -0.3 is 18.8 Å². The van der Waals surface area contributed by atoms with Crippen LogP contribution in [0.3, 0.4) is 0 Å². The zero-order valence-corrected chi connectivity index (χ0v) is 17.5. The molecule has 0 spiro atoms. The third-order valence-corrected chi connectivity index (χ3v) is 6.23. The van der Waals surface area contributed by atoms with Crippen molar-refractivity contribution in [2.75, 3.05) is 20.8 Å². The fourth-order valence-electron chi connectivity index (χ4n) is 4.52. The number of hydrogen-bond acceptors (Lipinski definition) is 4. The molecule has 1 aliphatic rings. The molecule has 1 N–H and O–H groups in total. The first kappa shape index (κ1) is 19.5. The SMILES string of the molecule is COc1ccc([C@@H]2CCC[NH+]2Cc2cc(=O)oc3c(C)c(C)ccc23)c(OC)c1. The molecule has 3 aromatic rings. The van der Waals surface area contributed by atoms with E-state index in [0.717, 1.165) is 59.5 Å². The van der Waals surface area contributed by atoms with Gasteiger partial charge in [0.25, 0.3) is 0 Å². The zero-order valence-electron chi connectivity index (χ0n) is 17.5. The highest BCUT2D eigenvalue weighted by atomic mass is 16.5. The number of fused-ring (bicyclic) bond motifs is 1. The fraction of sp³-hybridized carbons (Fsp3) is 0.375. The molecule has 1 aliphatic heterocycles. The molecule has 4 rings (SSSR count). The molecule has 5 nitrogen and oxygen atoms in total. The molecular formula is C24H28NO4+. The van der Waals surface area contributed by atoms with Crippen LogP contribution in [0.2, 0.25) is 0 Å². The van der Waals surface area contributed by atoms with Gasteiger partial charge in [0, 0.05) is 35.9 Å². The van der Waals surface area contributed by atoms with Crippen LogP contribution < -0.4 is 20.0 Å². The molecular weight excluding hydrogens is 366 g/mol. The average molecular weight is 394 g/mol. The lowest BCUT2D eigenvalue weighted by atomic mass is 10.0. The molecule has 1 unspecified atom stereocenters. The molecule has 0 bridgehead atoms. The van der Waals surface area contributed by atoms with Crippen molar-refractivity contribution in [2.45, 2.75) is 39.3 Å². The maximum atomic E-state index is 12.3. The van der Waals surface area contributed by atoms with Crippen LogP contribution in [0.15, 0.2) is 45.6 Å². The predicted molar refractivity (Wildman–Crippen MR) is 113 cm³/mol. The fourth-order valence-corrected chi connectivity index (χ4v) is 4.52. The number of benzene rings is 2. The van der Waals surface area contributed by atoms with Gasteiger partial charge in [-0.2, -0.15) is 0 Å². The zero-order chi connectivity index (χ0) is 20.5. The number of methoxy groups -OCH3 is 2. The topological polar surface area (TPSA) is 53.1 Å². The lowest BCUT2D eigenvalue weighted by Gasteiger charge is -2.24. The Morgan fingerprint density at radius 3 is 2.69 bits per heavy atom. The van der Waals surface area contributed by atoms with E-state index in [0.29, 0.717) is 11.6 Å². The van der Waals surface area contributed by atoms with Gasteiger partial charge in [0.2, 0.25) is 0 Å². The minimum Gasteiger partial charge on any atom is -0.497 e. The quantitative estimate of drug-likeness (QED) is 0.675. The van der Waals surface area contributed by atoms with Crippen molar-refractivity contribution in [3.8, 4) is 11.5 Å². The van der Waals surface area contributed by atoms with Crippen LogP contribution in [0, 0.1) is 13.8 Å². The van der Waals surface area contributed by atoms with Crippen LogP contribution in [0.5, 0.6) is 11.5 Å². The predicted octanol–water partition coefficient (Wildman–Crippen LogP) is 3.35. The summed E-state index contributed by atoms with van der Waals surface area (Å²) in [6.45, 7) is 5.90. The van der Waals surface area contributed by atoms with Crippen molar-refractivity contribution in [1.29, 1.82) is 0 Å². The summed E-state index contributed by atoms with van der Waals surface area (Å²) < 4.78 is 16.6. The van der Waals surface area contributed by atoms with Crippen LogP contribution in [-0.2, 0) is 6.54 Å². The van der Waals surface area contributed by atoms with E-state index in [1.807, 2.05) is 26.0 Å². The molecule has 0 radical (unpaired) electrons. The largest absolute Gasteiger partial charge is 0.497 e. The molecule has 1 aromatic heterocycles. The Kier molecular flexibility index (Phi) is 5.33. The van der Waals surface area contributed by atoms with Crippen LogP contribution >= 0.6 is 0 Å². The number of nitrogens with one attached hydrogen (secondary N) is 1. The Balaban J connectivity index is 1.72. The van der Waals surface area contributed by atoms with Crippen LogP contribution in [0.25, 0.3) is 11.0 Å². The Labute approximate surface area is 170 Å². The minimum absolute atomic E-state index is 0.279. The lowest BCUT2D eigenvalue weighted by Crippen LogP contribution is -3.08. The summed E-state index contributed by atoms with van der Waals surface area (Å²) in [5, 5.41) is 1.03. The highest BCUT2D eigenvalue weighted by Gasteiger charge is 2.33. The standard InChI is InChI=1S/C24H27NO4/c1-15-7-9-19-17(12-23(26)29-24(19)16(15)2)14-25-11-5-6-21(25)20-10-8-18(27-3)13-22(20)28-4/h7-10,12-13,21H,5-6,11,14H2,1-4H3/p+1/t21-/m0/s1. The number of rotatable bonds is 5. The van der Waals surface area contributed by atoms with E-state index in [4.69, 9.17) is 13.9 Å². The van der Waals surface area contributed by atoms with Crippen molar-refractivity contribution in [3.63, 3.8) is 0 Å². The number of likely N-dealkylation sites (tertiary alicyclic amines) is 1. The molecule has 152 valence electrons. The summed E-state index contributed by atoms with van der Waals surface area (Å²) in [4.78, 5) is 13.7. The average Bonchev–Trinajstić information content (AvgIpc) is 3.18. The summed E-state index contributed by atoms with van der Waals surface area (Å²) in [6, 6.07) is 12.2. The third-order valence-electron chi connectivity index (χ3n) is 6.23. The van der Waals surface area contributed by atoms with Gasteiger partial charge >= 0.3 is 5.63 Å². The Morgan fingerprint density at radius 1 is 1.10 bits per heavy atom. The van der Waals surface area contributed by atoms with E-state index in [-0.39, 0.29) is 5.63 Å². The first-order chi connectivity index (χ1) is 14.0. The van der Waals surface area contributed by atoms with Gasteiger partial charge in [0.15, 0.2) is 0 Å². The first-order valence-corrected chi connectivity index (χ1v) is 10.1. The van der Waals surface area contributed by atoms with E-state index >= 15 is 0 Å². The Hall–Kier alpha value is -2.79. The summed E-state index contributed by atoms with van der Waals surface area (Å²) in [5.41, 5.74) is 4.84. The number of quaternary nitrogens is 1. The van der Waals surface area contributed by atoms with E-state index in [1.165, 1.54) is 10.5 Å². The molecule has 0 aliphatic carbocycles. The minimum atomic E-state index is -0.279. The second-order valence-corrected chi connectivity index (χ2v) is 7.86. The van der Waals surface area contributed by atoms with Crippen LogP contribution in [0.1, 0.15) is 41.1 Å². The normalized spacial score (nSPS) is 18.9. The molecule has 2 heterocycles. The van der Waals surface area contributed by atoms with Crippen molar-refractivity contribution in [1.82, 2.24) is 0 Å². The lowest BCUT2D eigenvalue weighted by molar-refractivity contribution is -0.931. The Morgan fingerprint density at radius 2 is 1.93 bits per heavy atom. The van der Waals surface area contributed by atoms with Gasteiger partial charge in [0.05, 0.1) is 26.3 Å². The second-order valence-electron chi connectivity index (χ2n) is 7.86. The molecule has 1 fully saturated rings. The molecule has 2 atom stereocenters. The highest BCUT2D eigenvalue weighted by Crippen LogP contribution is 2.32. The number of hydrogen-bond donors (Lipinski definition) is 1. The summed E-state index contributed by atoms with van der Waals surface area (Å²) >= 11 is 0. The second kappa shape index (κ2) is 7.91. The number of aryl methyl sites for hydroxylation is 2. The molecule has 1 saturated heterocycles. The Bertz CT molecular complexity index is 1100. The molecule has 5 heteroatoms. The number of ether oxygens (including phenoxy) is 2. The third kappa shape index (κ3) is 3.62. The van der Waals surface area contributed by atoms with Crippen molar-refractivity contribution >= 4 is 11.0 Å². The van der Waals surface area contributed by atoms with Crippen molar-refractivity contribution in [2.24, 2.45) is 0 Å². The summed E-state index contributed by atoms with van der Waals surface area (Å²) in [6.07, 6.45) is 2.24. The van der Waals surface area contributed by atoms with Crippen molar-refractivity contribution in [3.05, 3.63) is 69.1 Å². The smallest absolute Gasteiger partial charge is 0.336 e. The summed E-state index contributed by atoms with van der Waals surface area (Å²) in [5.74, 6) is 1.65. The van der Waals surface area contributed by atoms with Gasteiger partial charge in [-0.15, -0.1) is 0 Å². The van der Waals surface area contributed by atoms with Gasteiger partial charge in [-0.25, -0.2) is 4.79 Å². The molecule has 0 saturated carbocycles. The van der Waals surface area contributed by atoms with Gasteiger partial charge in [-0.05, 0) is 37.1 Å². The summed E-state index contributed by atoms with van der Waals surface area (Å²) in [7, 11) is 3.37. The van der Waals surface area contributed by atoms with E-state index in [9.17, 15) is 4.79 Å². The maximum Gasteiger partial charge on any atom is 0.336 e. The van der Waals surface area contributed by atoms with Crippen LogP contribution in [-0.4, -0.2) is 20.8 Å². The van der Waals surface area contributed by atoms with E-state index in [2.05, 4.69) is 18.2 Å².